The number of nitrogens with one attached hydrogen (secondary N) is 3. The molecule has 4 aromatic carbocycles. The van der Waals surface area contributed by atoms with Gasteiger partial charge in [-0.05, 0) is 99.0 Å². The topological polar surface area (TPSA) is 106 Å². The van der Waals surface area contributed by atoms with Crippen molar-refractivity contribution >= 4 is 17.8 Å². The van der Waals surface area contributed by atoms with Crippen LogP contribution in [0.1, 0.15) is 67.7 Å². The first-order chi connectivity index (χ1) is 25.1. The van der Waals surface area contributed by atoms with E-state index in [1.54, 1.807) is 12.1 Å². The van der Waals surface area contributed by atoms with Crippen molar-refractivity contribution in [3.05, 3.63) is 125 Å². The Morgan fingerprint density at radius 2 is 1.44 bits per heavy atom. The van der Waals surface area contributed by atoms with Gasteiger partial charge in [-0.15, -0.1) is 0 Å². The number of benzene rings is 4. The van der Waals surface area contributed by atoms with Gasteiger partial charge in [0.05, 0.1) is 6.61 Å². The van der Waals surface area contributed by atoms with E-state index in [-0.39, 0.29) is 48.2 Å². The Bertz CT molecular complexity index is 1710. The molecule has 0 spiro atoms. The van der Waals surface area contributed by atoms with Crippen LogP contribution in [0, 0.1) is 25.6 Å². The Hall–Kier alpha value is -5.02. The second-order valence-corrected chi connectivity index (χ2v) is 13.6. The Morgan fingerprint density at radius 1 is 0.788 bits per heavy atom. The Morgan fingerprint density at radius 3 is 2.10 bits per heavy atom. The summed E-state index contributed by atoms with van der Waals surface area (Å²) in [7, 11) is 1.91. The smallest absolute Gasteiger partial charge is 0.306 e. The summed E-state index contributed by atoms with van der Waals surface area (Å²) in [6.45, 7) is 6.78. The maximum atomic E-state index is 12.9. The molecule has 1 fully saturated rings. The highest BCUT2D eigenvalue weighted by Gasteiger charge is 2.30. The SMILES string of the molecule is CNC1CC(CC(=O)OCc2ccc(OCCCC(=O)NCc3ccc(C)cc3)cc2)CC(NC(C)=O)C1.Cc1ccc(-c2cccc(F)c2)cc1. The molecule has 0 heterocycles. The first-order valence-corrected chi connectivity index (χ1v) is 18.0. The molecule has 3 unspecified atom stereocenters. The van der Waals surface area contributed by atoms with Crippen molar-refractivity contribution in [3.8, 4) is 16.9 Å². The highest BCUT2D eigenvalue weighted by Crippen LogP contribution is 2.28. The number of aryl methyl sites for hydroxylation is 2. The normalized spacial score (nSPS) is 16.5. The monoisotopic (exact) mass is 709 g/mol. The van der Waals surface area contributed by atoms with Crippen LogP contribution in [0.4, 0.5) is 4.39 Å². The van der Waals surface area contributed by atoms with E-state index in [0.717, 1.165) is 41.5 Å². The summed E-state index contributed by atoms with van der Waals surface area (Å²) in [5, 5.41) is 9.19. The number of rotatable bonds is 14. The number of esters is 1. The molecule has 0 bridgehead atoms. The van der Waals surface area contributed by atoms with E-state index in [1.165, 1.54) is 24.1 Å². The summed E-state index contributed by atoms with van der Waals surface area (Å²) in [4.78, 5) is 36.0. The third-order valence-electron chi connectivity index (χ3n) is 9.04. The van der Waals surface area contributed by atoms with Crippen molar-refractivity contribution in [2.75, 3.05) is 13.7 Å². The maximum absolute atomic E-state index is 12.9. The van der Waals surface area contributed by atoms with Crippen molar-refractivity contribution in [3.63, 3.8) is 0 Å². The number of hydrogen-bond acceptors (Lipinski definition) is 6. The Balaban J connectivity index is 0.000000358. The van der Waals surface area contributed by atoms with Gasteiger partial charge in [0.2, 0.25) is 11.8 Å². The molecule has 5 rings (SSSR count). The molecule has 1 aliphatic carbocycles. The lowest BCUT2D eigenvalue weighted by molar-refractivity contribution is -0.146. The Kier molecular flexibility index (Phi) is 15.9. The van der Waals surface area contributed by atoms with E-state index in [4.69, 9.17) is 9.47 Å². The molecule has 1 saturated carbocycles. The lowest BCUT2D eigenvalue weighted by atomic mass is 9.80. The van der Waals surface area contributed by atoms with Gasteiger partial charge in [0.25, 0.3) is 0 Å². The lowest BCUT2D eigenvalue weighted by Gasteiger charge is -2.34. The second-order valence-electron chi connectivity index (χ2n) is 13.6. The molecule has 0 aliphatic heterocycles. The van der Waals surface area contributed by atoms with Gasteiger partial charge >= 0.3 is 5.97 Å². The number of ether oxygens (including phenoxy) is 2. The highest BCUT2D eigenvalue weighted by atomic mass is 19.1. The number of carbonyl (C=O) groups is 3. The van der Waals surface area contributed by atoms with Gasteiger partial charge in [0, 0.05) is 38.4 Å². The molecular weight excluding hydrogens is 657 g/mol. The van der Waals surface area contributed by atoms with Crippen molar-refractivity contribution in [1.82, 2.24) is 16.0 Å². The zero-order valence-corrected chi connectivity index (χ0v) is 30.8. The molecule has 4 aromatic rings. The first-order valence-electron chi connectivity index (χ1n) is 18.0. The fourth-order valence-electron chi connectivity index (χ4n) is 6.22. The predicted octanol–water partition coefficient (Wildman–Crippen LogP) is 7.60. The number of halogens is 1. The molecular formula is C43H52FN3O5. The molecule has 276 valence electrons. The minimum atomic E-state index is -0.227. The molecule has 3 atom stereocenters. The fraction of sp³-hybridized carbons (Fsp3) is 0.372. The molecule has 52 heavy (non-hydrogen) atoms. The van der Waals surface area contributed by atoms with Crippen LogP contribution < -0.4 is 20.7 Å². The van der Waals surface area contributed by atoms with Gasteiger partial charge < -0.3 is 25.4 Å². The van der Waals surface area contributed by atoms with Crippen LogP contribution in [0.25, 0.3) is 11.1 Å². The van der Waals surface area contributed by atoms with Crippen molar-refractivity contribution in [2.45, 2.75) is 84.5 Å². The fourth-order valence-corrected chi connectivity index (χ4v) is 6.22. The highest BCUT2D eigenvalue weighted by molar-refractivity contribution is 5.75. The standard InChI is InChI=1S/C30H41N3O5.C13H11F/c1-21-6-8-23(9-7-21)19-32-29(35)5-4-14-37-28-12-10-24(11-13-28)20-38-30(36)17-25-15-26(31-3)18-27(16-25)33-22(2)34;1-10-5-7-11(8-6-10)12-3-2-4-13(14)9-12/h6-13,25-27,31H,4-5,14-20H2,1-3H3,(H,32,35)(H,33,34);2-9H,1H3. The number of hydrogen-bond donors (Lipinski definition) is 3. The van der Waals surface area contributed by atoms with E-state index in [1.807, 2.05) is 99.8 Å². The summed E-state index contributed by atoms with van der Waals surface area (Å²) in [5.41, 5.74) is 6.35. The van der Waals surface area contributed by atoms with E-state index >= 15 is 0 Å². The number of carbonyl (C=O) groups excluding carboxylic acids is 3. The van der Waals surface area contributed by atoms with Crippen LogP contribution in [0.2, 0.25) is 0 Å². The second kappa shape index (κ2) is 20.7. The largest absolute Gasteiger partial charge is 0.494 e. The first kappa shape index (κ1) is 39.8. The van der Waals surface area contributed by atoms with Crippen LogP contribution in [-0.2, 0) is 32.3 Å². The van der Waals surface area contributed by atoms with Gasteiger partial charge in [-0.25, -0.2) is 4.39 Å². The zero-order valence-electron chi connectivity index (χ0n) is 30.8. The zero-order chi connectivity index (χ0) is 37.3. The average molecular weight is 710 g/mol. The molecule has 0 aromatic heterocycles. The lowest BCUT2D eigenvalue weighted by Crippen LogP contribution is -2.45. The van der Waals surface area contributed by atoms with E-state index in [2.05, 4.69) is 16.0 Å². The van der Waals surface area contributed by atoms with Gasteiger partial charge in [0.1, 0.15) is 18.2 Å². The summed E-state index contributed by atoms with van der Waals surface area (Å²) >= 11 is 0. The van der Waals surface area contributed by atoms with E-state index in [0.29, 0.717) is 38.2 Å². The van der Waals surface area contributed by atoms with Crippen molar-refractivity contribution < 1.29 is 28.2 Å². The van der Waals surface area contributed by atoms with Crippen molar-refractivity contribution in [2.24, 2.45) is 5.92 Å². The molecule has 2 amide bonds. The van der Waals surface area contributed by atoms with Crippen LogP contribution in [0.3, 0.4) is 0 Å². The maximum Gasteiger partial charge on any atom is 0.306 e. The third-order valence-corrected chi connectivity index (χ3v) is 9.04. The van der Waals surface area contributed by atoms with E-state index < -0.39 is 0 Å². The Labute approximate surface area is 307 Å². The molecule has 8 nitrogen and oxygen atoms in total. The molecule has 0 saturated heterocycles. The average Bonchev–Trinajstić information content (AvgIpc) is 3.13. The minimum Gasteiger partial charge on any atom is -0.494 e. The minimum absolute atomic E-state index is 0.00618. The van der Waals surface area contributed by atoms with Gasteiger partial charge in [-0.2, -0.15) is 0 Å². The van der Waals surface area contributed by atoms with Crippen molar-refractivity contribution in [1.29, 1.82) is 0 Å². The van der Waals surface area contributed by atoms with Crippen LogP contribution in [0.5, 0.6) is 5.75 Å². The summed E-state index contributed by atoms with van der Waals surface area (Å²) < 4.78 is 24.2. The van der Waals surface area contributed by atoms with Crippen LogP contribution in [-0.4, -0.2) is 43.5 Å². The molecule has 0 radical (unpaired) electrons. The summed E-state index contributed by atoms with van der Waals surface area (Å²) in [6.07, 6.45) is 3.92. The quantitative estimate of drug-likeness (QED) is 0.0921. The van der Waals surface area contributed by atoms with Gasteiger partial charge in [-0.3, -0.25) is 14.4 Å². The molecule has 9 heteroatoms. The van der Waals surface area contributed by atoms with E-state index in [9.17, 15) is 18.8 Å². The predicted molar refractivity (Wildman–Crippen MR) is 203 cm³/mol. The molecule has 1 aliphatic rings. The summed E-state index contributed by atoms with van der Waals surface area (Å²) in [6, 6.07) is 30.6. The molecule has 3 N–H and O–H groups in total. The van der Waals surface area contributed by atoms with Gasteiger partial charge in [0.15, 0.2) is 0 Å². The van der Waals surface area contributed by atoms with Gasteiger partial charge in [-0.1, -0.05) is 83.9 Å². The third kappa shape index (κ3) is 14.3. The number of amides is 2. The van der Waals surface area contributed by atoms with Crippen LogP contribution >= 0.6 is 0 Å². The van der Waals surface area contributed by atoms with Crippen LogP contribution in [0.15, 0.2) is 97.1 Å². The summed E-state index contributed by atoms with van der Waals surface area (Å²) in [5.74, 6) is 0.430.